The highest BCUT2D eigenvalue weighted by Crippen LogP contribution is 2.37. The Hall–Kier alpha value is -2.08. The Bertz CT molecular complexity index is 702. The number of nitrogens with zero attached hydrogens (tertiary/aromatic N) is 1. The Morgan fingerprint density at radius 3 is 2.69 bits per heavy atom. The van der Waals surface area contributed by atoms with E-state index in [0.29, 0.717) is 18.8 Å². The summed E-state index contributed by atoms with van der Waals surface area (Å²) in [7, 11) is 0. The van der Waals surface area contributed by atoms with Gasteiger partial charge in [-0.1, -0.05) is 6.07 Å². The van der Waals surface area contributed by atoms with E-state index in [1.807, 2.05) is 44.7 Å². The van der Waals surface area contributed by atoms with Gasteiger partial charge in [0.05, 0.1) is 5.69 Å². The van der Waals surface area contributed by atoms with Gasteiger partial charge in [-0.05, 0) is 70.6 Å². The van der Waals surface area contributed by atoms with Crippen LogP contribution in [0.2, 0.25) is 0 Å². The summed E-state index contributed by atoms with van der Waals surface area (Å²) in [6, 6.07) is 3.82. The van der Waals surface area contributed by atoms with Gasteiger partial charge in [0.15, 0.2) is 0 Å². The molecule has 1 fully saturated rings. The van der Waals surface area contributed by atoms with Crippen molar-refractivity contribution in [1.29, 1.82) is 0 Å². The van der Waals surface area contributed by atoms with Crippen molar-refractivity contribution in [3.05, 3.63) is 23.3 Å². The zero-order valence-electron chi connectivity index (χ0n) is 16.1. The minimum atomic E-state index is -0.559. The topological polar surface area (TPSA) is 67.9 Å². The minimum Gasteiger partial charge on any atom is -0.444 e. The van der Waals surface area contributed by atoms with Crippen LogP contribution in [0.25, 0.3) is 0 Å². The summed E-state index contributed by atoms with van der Waals surface area (Å²) in [4.78, 5) is 27.0. The largest absolute Gasteiger partial charge is 0.444 e. The number of amides is 2. The smallest absolute Gasteiger partial charge is 0.412 e. The van der Waals surface area contributed by atoms with Gasteiger partial charge in [0.2, 0.25) is 0 Å². The average Bonchev–Trinajstić information content (AvgIpc) is 3.09. The molecule has 0 saturated carbocycles. The van der Waals surface area contributed by atoms with Gasteiger partial charge in [0.1, 0.15) is 11.7 Å². The van der Waals surface area contributed by atoms with Gasteiger partial charge in [0, 0.05) is 18.8 Å². The lowest BCUT2D eigenvalue weighted by Crippen LogP contribution is -2.42. The van der Waals surface area contributed by atoms with Gasteiger partial charge in [-0.3, -0.25) is 10.1 Å². The molecule has 2 heterocycles. The maximum absolute atomic E-state index is 12.9. The molecule has 6 heteroatoms. The zero-order chi connectivity index (χ0) is 18.9. The van der Waals surface area contributed by atoms with Crippen molar-refractivity contribution in [2.24, 2.45) is 0 Å². The van der Waals surface area contributed by atoms with E-state index in [-0.39, 0.29) is 12.0 Å². The summed E-state index contributed by atoms with van der Waals surface area (Å²) in [6.45, 7) is 8.83. The second-order valence-electron chi connectivity index (χ2n) is 7.98. The molecule has 1 aromatic carbocycles. The third-order valence-electron chi connectivity index (χ3n) is 4.67. The van der Waals surface area contributed by atoms with Crippen LogP contribution >= 0.6 is 0 Å². The van der Waals surface area contributed by atoms with Crippen LogP contribution in [0.1, 0.15) is 51.2 Å². The van der Waals surface area contributed by atoms with Crippen LogP contribution < -0.4 is 10.2 Å². The summed E-state index contributed by atoms with van der Waals surface area (Å²) < 4.78 is 11.0. The Balaban J connectivity index is 1.88. The number of ether oxygens (including phenoxy) is 2. The molecule has 0 aromatic heterocycles. The van der Waals surface area contributed by atoms with Crippen LogP contribution in [0.3, 0.4) is 0 Å². The lowest BCUT2D eigenvalue weighted by Gasteiger charge is -2.34. The Morgan fingerprint density at radius 1 is 1.27 bits per heavy atom. The molecule has 0 bridgehead atoms. The van der Waals surface area contributed by atoms with Crippen LogP contribution in [-0.4, -0.2) is 36.9 Å². The summed E-state index contributed by atoms with van der Waals surface area (Å²) in [5, 5.41) is 2.85. The van der Waals surface area contributed by atoms with E-state index >= 15 is 0 Å². The molecule has 0 radical (unpaired) electrons. The van der Waals surface area contributed by atoms with E-state index in [1.165, 1.54) is 0 Å². The number of nitrogens with one attached hydrogen (secondary N) is 1. The average molecular weight is 360 g/mol. The van der Waals surface area contributed by atoms with Crippen molar-refractivity contribution in [3.8, 4) is 0 Å². The zero-order valence-corrected chi connectivity index (χ0v) is 16.1. The second-order valence-corrected chi connectivity index (χ2v) is 7.98. The Morgan fingerprint density at radius 2 is 2.04 bits per heavy atom. The fourth-order valence-electron chi connectivity index (χ4n) is 3.61. The molecule has 2 aliphatic rings. The maximum atomic E-state index is 12.9. The van der Waals surface area contributed by atoms with Crippen LogP contribution in [0.5, 0.6) is 0 Å². The lowest BCUT2D eigenvalue weighted by atomic mass is 9.95. The van der Waals surface area contributed by atoms with Gasteiger partial charge in [-0.15, -0.1) is 0 Å². The number of hydrogen-bond donors (Lipinski definition) is 1. The Kier molecular flexibility index (Phi) is 5.23. The van der Waals surface area contributed by atoms with Crippen molar-refractivity contribution in [3.63, 3.8) is 0 Å². The fraction of sp³-hybridized carbons (Fsp3) is 0.600. The molecule has 0 spiro atoms. The molecule has 2 amide bonds. The number of fused-ring (bicyclic) bond motifs is 1. The van der Waals surface area contributed by atoms with E-state index in [4.69, 9.17) is 9.47 Å². The van der Waals surface area contributed by atoms with Gasteiger partial charge in [-0.25, -0.2) is 4.79 Å². The molecule has 1 atom stereocenters. The minimum absolute atomic E-state index is 0.0287. The molecule has 142 valence electrons. The molecule has 6 nitrogen and oxygen atoms in total. The molecule has 0 aliphatic carbocycles. The van der Waals surface area contributed by atoms with E-state index in [1.54, 1.807) is 0 Å². The molecule has 3 rings (SSSR count). The van der Waals surface area contributed by atoms with Crippen molar-refractivity contribution in [1.82, 2.24) is 0 Å². The van der Waals surface area contributed by atoms with E-state index < -0.39 is 11.7 Å². The SMILES string of the molecule is Cc1ccc(NC(=O)OC(C)(C)C)c2c1N(C(=O)[C@H]1CCCO1)CCC2. The van der Waals surface area contributed by atoms with E-state index in [9.17, 15) is 9.59 Å². The van der Waals surface area contributed by atoms with E-state index in [0.717, 1.165) is 42.5 Å². The molecule has 1 saturated heterocycles. The highest BCUT2D eigenvalue weighted by atomic mass is 16.6. The molecule has 1 aromatic rings. The first kappa shape index (κ1) is 18.7. The Labute approximate surface area is 154 Å². The predicted molar refractivity (Wildman–Crippen MR) is 101 cm³/mol. The first-order chi connectivity index (χ1) is 12.3. The molecular weight excluding hydrogens is 332 g/mol. The number of carbonyl (C=O) groups is 2. The quantitative estimate of drug-likeness (QED) is 0.871. The standard InChI is InChI=1S/C20H28N2O4/c1-13-9-10-15(21-19(24)26-20(2,3)4)14-7-5-11-22(17(13)14)18(23)16-8-6-12-25-16/h9-10,16H,5-8,11-12H2,1-4H3,(H,21,24)/t16-/m1/s1. The van der Waals surface area contributed by atoms with Crippen LogP contribution in [-0.2, 0) is 20.7 Å². The summed E-state index contributed by atoms with van der Waals surface area (Å²) in [5.41, 5.74) is 3.08. The van der Waals surface area contributed by atoms with Crippen LogP contribution in [0, 0.1) is 6.92 Å². The molecular formula is C20H28N2O4. The fourth-order valence-corrected chi connectivity index (χ4v) is 3.61. The van der Waals surface area contributed by atoms with Gasteiger partial charge in [0.25, 0.3) is 5.91 Å². The van der Waals surface area contributed by atoms with Crippen LogP contribution in [0.15, 0.2) is 12.1 Å². The third-order valence-corrected chi connectivity index (χ3v) is 4.67. The maximum Gasteiger partial charge on any atom is 0.412 e. The third kappa shape index (κ3) is 4.01. The first-order valence-corrected chi connectivity index (χ1v) is 9.32. The number of benzene rings is 1. The van der Waals surface area contributed by atoms with Crippen molar-refractivity contribution < 1.29 is 19.1 Å². The lowest BCUT2D eigenvalue weighted by molar-refractivity contribution is -0.127. The molecule has 1 N–H and O–H groups in total. The normalized spacial score (nSPS) is 19.8. The number of anilines is 2. The molecule has 2 aliphatic heterocycles. The van der Waals surface area contributed by atoms with E-state index in [2.05, 4.69) is 5.32 Å². The van der Waals surface area contributed by atoms with Crippen molar-refractivity contribution >= 4 is 23.4 Å². The number of aryl methyl sites for hydroxylation is 1. The molecule has 26 heavy (non-hydrogen) atoms. The summed E-state index contributed by atoms with van der Waals surface area (Å²) in [5.74, 6) is 0.0287. The highest BCUT2D eigenvalue weighted by molar-refractivity contribution is 6.00. The number of hydrogen-bond acceptors (Lipinski definition) is 4. The number of carbonyl (C=O) groups excluding carboxylic acids is 2. The van der Waals surface area contributed by atoms with Crippen molar-refractivity contribution in [2.45, 2.75) is 65.1 Å². The summed E-state index contributed by atoms with van der Waals surface area (Å²) >= 11 is 0. The molecule has 0 unspecified atom stereocenters. The van der Waals surface area contributed by atoms with Gasteiger partial charge < -0.3 is 14.4 Å². The predicted octanol–water partition coefficient (Wildman–Crippen LogP) is 3.80. The van der Waals surface area contributed by atoms with Crippen molar-refractivity contribution in [2.75, 3.05) is 23.4 Å². The van der Waals surface area contributed by atoms with Crippen LogP contribution in [0.4, 0.5) is 16.2 Å². The van der Waals surface area contributed by atoms with Gasteiger partial charge in [-0.2, -0.15) is 0 Å². The first-order valence-electron chi connectivity index (χ1n) is 9.32. The summed E-state index contributed by atoms with van der Waals surface area (Å²) in [6.07, 6.45) is 2.56. The monoisotopic (exact) mass is 360 g/mol. The highest BCUT2D eigenvalue weighted by Gasteiger charge is 2.33. The second kappa shape index (κ2) is 7.27. The van der Waals surface area contributed by atoms with Gasteiger partial charge >= 0.3 is 6.09 Å². The number of rotatable bonds is 2.